The summed E-state index contributed by atoms with van der Waals surface area (Å²) in [6, 6.07) is -0.467. The number of nitrogens with zero attached hydrogens (tertiary/aromatic N) is 2. The molecule has 0 heterocycles. The number of carbonyl (C=O) groups is 4. The van der Waals surface area contributed by atoms with E-state index in [0.717, 1.165) is 57.8 Å². The summed E-state index contributed by atoms with van der Waals surface area (Å²) in [5.74, 6) is -1.40. The smallest absolute Gasteiger partial charge is 0.320 e. The Balaban J connectivity index is -0.000000783. The van der Waals surface area contributed by atoms with Gasteiger partial charge < -0.3 is 19.8 Å². The van der Waals surface area contributed by atoms with Crippen molar-refractivity contribution in [1.82, 2.24) is 9.80 Å². The maximum Gasteiger partial charge on any atom is 0.320 e. The molecule has 0 radical (unpaired) electrons. The van der Waals surface area contributed by atoms with Crippen molar-refractivity contribution in [2.24, 2.45) is 5.92 Å². The third kappa shape index (κ3) is 24.5. The minimum atomic E-state index is -0.834. The molecule has 190 valence electrons. The minimum Gasteiger partial charge on any atom is -0.480 e. The van der Waals surface area contributed by atoms with Crippen LogP contribution in [0.4, 0.5) is 0 Å². The fourth-order valence-electron chi connectivity index (χ4n) is 2.77. The zero-order valence-electron chi connectivity index (χ0n) is 21.2. The largest absolute Gasteiger partial charge is 0.480 e. The summed E-state index contributed by atoms with van der Waals surface area (Å²) >= 11 is 0. The molecule has 32 heavy (non-hydrogen) atoms. The van der Waals surface area contributed by atoms with Crippen LogP contribution in [0.2, 0.25) is 0 Å². The van der Waals surface area contributed by atoms with Crippen LogP contribution in [0.15, 0.2) is 0 Å². The van der Waals surface area contributed by atoms with E-state index in [9.17, 15) is 24.3 Å². The lowest BCUT2D eigenvalue weighted by Crippen LogP contribution is -2.46. The van der Waals surface area contributed by atoms with Gasteiger partial charge in [-0.3, -0.25) is 19.4 Å². The molecule has 0 aromatic rings. The molecule has 0 aromatic heterocycles. The summed E-state index contributed by atoms with van der Waals surface area (Å²) in [4.78, 5) is 45.1. The van der Waals surface area contributed by atoms with Gasteiger partial charge in [-0.1, -0.05) is 60.8 Å². The average Bonchev–Trinajstić information content (AvgIpc) is 2.74. The van der Waals surface area contributed by atoms with Gasteiger partial charge in [0.1, 0.15) is 18.6 Å². The van der Waals surface area contributed by atoms with Gasteiger partial charge in [-0.15, -0.1) is 0 Å². The van der Waals surface area contributed by atoms with E-state index in [1.54, 1.807) is 0 Å². The number of aliphatic carboxylic acids is 2. The molecule has 0 amide bonds. The van der Waals surface area contributed by atoms with Crippen LogP contribution in [0.1, 0.15) is 86.5 Å². The fourth-order valence-corrected chi connectivity index (χ4v) is 2.77. The van der Waals surface area contributed by atoms with Gasteiger partial charge in [-0.2, -0.15) is 0 Å². The van der Waals surface area contributed by atoms with E-state index in [1.807, 2.05) is 44.4 Å². The van der Waals surface area contributed by atoms with Crippen molar-refractivity contribution in [3.63, 3.8) is 0 Å². The van der Waals surface area contributed by atoms with Crippen molar-refractivity contribution < 1.29 is 29.4 Å². The molecule has 0 aromatic carbocycles. The van der Waals surface area contributed by atoms with Crippen molar-refractivity contribution >= 4 is 24.5 Å². The quantitative estimate of drug-likeness (QED) is 0.247. The van der Waals surface area contributed by atoms with Crippen LogP contribution >= 0.6 is 0 Å². The second-order valence-corrected chi connectivity index (χ2v) is 8.01. The lowest BCUT2D eigenvalue weighted by Gasteiger charge is -2.31. The molecular formula is C24H48N2O6. The van der Waals surface area contributed by atoms with E-state index in [0.29, 0.717) is 25.9 Å². The Kier molecular flexibility index (Phi) is 27.7. The first-order valence-electron chi connectivity index (χ1n) is 11.9. The maximum atomic E-state index is 11.6. The van der Waals surface area contributed by atoms with Crippen molar-refractivity contribution in [3.8, 4) is 0 Å². The average molecular weight is 461 g/mol. The summed E-state index contributed by atoms with van der Waals surface area (Å²) in [5.41, 5.74) is 0. The molecule has 8 heteroatoms. The number of carboxylic acids is 2. The van der Waals surface area contributed by atoms with Crippen molar-refractivity contribution in [1.29, 1.82) is 0 Å². The Morgan fingerprint density at radius 3 is 1.75 bits per heavy atom. The molecule has 0 spiro atoms. The monoisotopic (exact) mass is 460 g/mol. The van der Waals surface area contributed by atoms with Crippen molar-refractivity contribution in [3.05, 3.63) is 0 Å². The lowest BCUT2D eigenvalue weighted by atomic mass is 10.1. The normalized spacial score (nSPS) is 11.3. The summed E-state index contributed by atoms with van der Waals surface area (Å²) in [6.45, 7) is 14.4. The third-order valence-corrected chi connectivity index (χ3v) is 4.38. The molecule has 0 saturated carbocycles. The molecule has 1 atom stereocenters. The number of carboxylic acid groups (broad SMARTS) is 2. The second kappa shape index (κ2) is 25.5. The lowest BCUT2D eigenvalue weighted by molar-refractivity contribution is -0.144. The molecule has 8 nitrogen and oxygen atoms in total. The van der Waals surface area contributed by atoms with Gasteiger partial charge in [0.05, 0.1) is 6.54 Å². The minimum absolute atomic E-state index is 0.0160. The summed E-state index contributed by atoms with van der Waals surface area (Å²) < 4.78 is 0. The van der Waals surface area contributed by atoms with Gasteiger partial charge in [0.25, 0.3) is 0 Å². The van der Waals surface area contributed by atoms with Crippen LogP contribution in [-0.4, -0.2) is 83.3 Å². The molecule has 1 unspecified atom stereocenters. The number of aldehydes is 2. The van der Waals surface area contributed by atoms with Crippen LogP contribution in [0.25, 0.3) is 0 Å². The molecule has 0 aliphatic carbocycles. The number of carbonyl (C=O) groups excluding carboxylic acids is 2. The highest BCUT2D eigenvalue weighted by Gasteiger charge is 2.24. The van der Waals surface area contributed by atoms with E-state index >= 15 is 0 Å². The zero-order valence-corrected chi connectivity index (χ0v) is 21.2. The van der Waals surface area contributed by atoms with Crippen LogP contribution in [0, 0.1) is 5.92 Å². The van der Waals surface area contributed by atoms with Gasteiger partial charge in [-0.05, 0) is 32.4 Å². The first-order chi connectivity index (χ1) is 15.1. The summed E-state index contributed by atoms with van der Waals surface area (Å²) in [7, 11) is 0. The Bertz CT molecular complexity index is 471. The summed E-state index contributed by atoms with van der Waals surface area (Å²) in [6.07, 6.45) is 7.95. The number of hydrogen-bond donors (Lipinski definition) is 2. The highest BCUT2D eigenvalue weighted by molar-refractivity contribution is 5.73. The van der Waals surface area contributed by atoms with Crippen molar-refractivity contribution in [2.75, 3.05) is 32.7 Å². The first kappa shape index (κ1) is 34.8. The Labute approximate surface area is 195 Å². The van der Waals surface area contributed by atoms with Gasteiger partial charge in [0, 0.05) is 25.4 Å². The Hall–Kier alpha value is -1.80. The van der Waals surface area contributed by atoms with Crippen LogP contribution in [0.3, 0.4) is 0 Å². The maximum absolute atomic E-state index is 11.6. The molecular weight excluding hydrogens is 412 g/mol. The van der Waals surface area contributed by atoms with Gasteiger partial charge in [0.15, 0.2) is 0 Å². The zero-order chi connectivity index (χ0) is 25.4. The standard InChI is InChI=1S/C17H34N2O4.C4H8O.C3H6O/c1-4-7-8-11-19(15(9-5-2)17(22)23)13-12-18(10-6-3)14-16(20)21;1-4(2)3-5;1-2-3-4/h15H,4-14H2,1-3H3,(H,20,21)(H,22,23);3-4H,1-2H3;3H,2H2,1H3. The molecule has 0 aliphatic rings. The Morgan fingerprint density at radius 2 is 1.41 bits per heavy atom. The van der Waals surface area contributed by atoms with E-state index in [2.05, 4.69) is 6.92 Å². The highest BCUT2D eigenvalue weighted by atomic mass is 16.4. The predicted octanol–water partition coefficient (Wildman–Crippen LogP) is 3.97. The Morgan fingerprint density at radius 1 is 0.844 bits per heavy atom. The van der Waals surface area contributed by atoms with Crippen molar-refractivity contribution in [2.45, 2.75) is 92.5 Å². The molecule has 0 aliphatic heterocycles. The second-order valence-electron chi connectivity index (χ2n) is 8.01. The fraction of sp³-hybridized carbons (Fsp3) is 0.833. The highest BCUT2D eigenvalue weighted by Crippen LogP contribution is 2.10. The van der Waals surface area contributed by atoms with E-state index in [4.69, 9.17) is 5.11 Å². The van der Waals surface area contributed by atoms with Crippen LogP contribution in [-0.2, 0) is 19.2 Å². The molecule has 2 N–H and O–H groups in total. The van der Waals surface area contributed by atoms with Crippen LogP contribution in [0.5, 0.6) is 0 Å². The first-order valence-corrected chi connectivity index (χ1v) is 11.9. The number of hydrogen-bond acceptors (Lipinski definition) is 6. The van der Waals surface area contributed by atoms with Crippen LogP contribution < -0.4 is 0 Å². The van der Waals surface area contributed by atoms with Gasteiger partial charge >= 0.3 is 11.9 Å². The summed E-state index contributed by atoms with van der Waals surface area (Å²) in [5, 5.41) is 18.5. The molecule has 0 saturated heterocycles. The predicted molar refractivity (Wildman–Crippen MR) is 129 cm³/mol. The van der Waals surface area contributed by atoms with Gasteiger partial charge in [0.2, 0.25) is 0 Å². The van der Waals surface area contributed by atoms with E-state index in [1.165, 1.54) is 0 Å². The number of rotatable bonds is 17. The third-order valence-electron chi connectivity index (χ3n) is 4.38. The van der Waals surface area contributed by atoms with Gasteiger partial charge in [-0.25, -0.2) is 0 Å². The number of unbranched alkanes of at least 4 members (excludes halogenated alkanes) is 2. The SMILES string of the molecule is CC(C)C=O.CCC=O.CCCCCN(CCN(CCC)CC(=O)O)C(CCC)C(=O)O. The topological polar surface area (TPSA) is 115 Å². The molecule has 0 rings (SSSR count). The van der Waals surface area contributed by atoms with E-state index in [-0.39, 0.29) is 12.5 Å². The van der Waals surface area contributed by atoms with E-state index < -0.39 is 18.0 Å². The molecule has 0 fully saturated rings. The molecule has 0 bridgehead atoms.